The lowest BCUT2D eigenvalue weighted by atomic mass is 10.1. The number of carbonyl (C=O) groups excluding carboxylic acids is 1. The molecule has 0 radical (unpaired) electrons. The molecular formula is C21H18ClN3O3S. The molecule has 0 saturated carbocycles. The first-order valence-corrected chi connectivity index (χ1v) is 10.5. The summed E-state index contributed by atoms with van der Waals surface area (Å²) in [5, 5.41) is 7.11. The Labute approximate surface area is 174 Å². The maximum atomic E-state index is 12.4. The van der Waals surface area contributed by atoms with E-state index < -0.39 is 10.0 Å². The van der Waals surface area contributed by atoms with Gasteiger partial charge in [0.25, 0.3) is 15.9 Å². The maximum Gasteiger partial charge on any atom is 0.276 e. The minimum Gasteiger partial charge on any atom is -0.322 e. The minimum absolute atomic E-state index is 0.123. The first-order valence-electron chi connectivity index (χ1n) is 8.64. The Hall–Kier alpha value is -3.16. The molecule has 0 unspecified atom stereocenters. The van der Waals surface area contributed by atoms with E-state index in [2.05, 4.69) is 15.2 Å². The van der Waals surface area contributed by atoms with Crippen molar-refractivity contribution in [3.8, 4) is 0 Å². The largest absolute Gasteiger partial charge is 0.322 e. The molecular weight excluding hydrogens is 410 g/mol. The van der Waals surface area contributed by atoms with Gasteiger partial charge in [-0.1, -0.05) is 54.1 Å². The fraction of sp³-hybridized carbons (Fsp3) is 0.0476. The predicted molar refractivity (Wildman–Crippen MR) is 115 cm³/mol. The van der Waals surface area contributed by atoms with Crippen molar-refractivity contribution in [1.29, 1.82) is 0 Å². The zero-order valence-corrected chi connectivity index (χ0v) is 17.0. The number of halogens is 1. The lowest BCUT2D eigenvalue weighted by Gasteiger charge is -2.09. The average molecular weight is 428 g/mol. The van der Waals surface area contributed by atoms with Gasteiger partial charge in [-0.15, -0.1) is 0 Å². The number of hydrogen-bond donors (Lipinski definition) is 2. The standard InChI is InChI=1S/C21H18ClN3O3S/c1-15(24-25-29(27,28)18-10-3-2-4-11-18)16-8-7-9-17(14-16)23-21(26)19-12-5-6-13-20(19)22/h2-14,25H,1H3,(H,23,26)/b24-15-. The van der Waals surface area contributed by atoms with Gasteiger partial charge >= 0.3 is 0 Å². The molecule has 29 heavy (non-hydrogen) atoms. The molecule has 2 N–H and O–H groups in total. The van der Waals surface area contributed by atoms with Crippen LogP contribution in [-0.4, -0.2) is 20.0 Å². The third-order valence-corrected chi connectivity index (χ3v) is 5.60. The number of nitrogens with zero attached hydrogens (tertiary/aromatic N) is 1. The summed E-state index contributed by atoms with van der Waals surface area (Å²) in [4.78, 5) is 14.8. The summed E-state index contributed by atoms with van der Waals surface area (Å²) in [5.74, 6) is -0.341. The second-order valence-corrected chi connectivity index (χ2v) is 8.19. The molecule has 0 aliphatic heterocycles. The number of hydrazone groups is 1. The second-order valence-electron chi connectivity index (χ2n) is 6.12. The molecule has 0 aliphatic carbocycles. The molecule has 3 rings (SSSR count). The lowest BCUT2D eigenvalue weighted by molar-refractivity contribution is 0.102. The fourth-order valence-electron chi connectivity index (χ4n) is 2.51. The SMILES string of the molecule is C/C(=N/NS(=O)(=O)c1ccccc1)c1cccc(NC(=O)c2ccccc2Cl)c1. The van der Waals surface area contributed by atoms with Crippen LogP contribution in [0.1, 0.15) is 22.8 Å². The number of anilines is 1. The molecule has 3 aromatic carbocycles. The van der Waals surface area contributed by atoms with Gasteiger partial charge in [-0.05, 0) is 48.9 Å². The van der Waals surface area contributed by atoms with Crippen LogP contribution in [0, 0.1) is 0 Å². The highest BCUT2D eigenvalue weighted by molar-refractivity contribution is 7.89. The molecule has 8 heteroatoms. The molecule has 148 valence electrons. The van der Waals surface area contributed by atoms with E-state index in [1.54, 1.807) is 73.7 Å². The Bertz CT molecular complexity index is 1160. The van der Waals surface area contributed by atoms with Crippen LogP contribution >= 0.6 is 11.6 Å². The number of benzene rings is 3. The van der Waals surface area contributed by atoms with Crippen molar-refractivity contribution in [3.05, 3.63) is 95.0 Å². The molecule has 0 spiro atoms. The molecule has 0 saturated heterocycles. The van der Waals surface area contributed by atoms with Gasteiger partial charge in [-0.25, -0.2) is 0 Å². The smallest absolute Gasteiger partial charge is 0.276 e. The minimum atomic E-state index is -3.76. The summed E-state index contributed by atoms with van der Waals surface area (Å²) in [6.45, 7) is 1.67. The highest BCUT2D eigenvalue weighted by Crippen LogP contribution is 2.18. The summed E-state index contributed by atoms with van der Waals surface area (Å²) in [7, 11) is -3.76. The van der Waals surface area contributed by atoms with Crippen LogP contribution in [0.2, 0.25) is 5.02 Å². The summed E-state index contributed by atoms with van der Waals surface area (Å²) >= 11 is 6.06. The molecule has 0 fully saturated rings. The van der Waals surface area contributed by atoms with Gasteiger partial charge in [-0.3, -0.25) is 4.79 Å². The van der Waals surface area contributed by atoms with Crippen LogP contribution in [0.5, 0.6) is 0 Å². The van der Waals surface area contributed by atoms with Crippen LogP contribution in [0.4, 0.5) is 5.69 Å². The van der Waals surface area contributed by atoms with E-state index in [0.717, 1.165) is 0 Å². The van der Waals surface area contributed by atoms with Gasteiger partial charge in [0.15, 0.2) is 0 Å². The summed E-state index contributed by atoms with van der Waals surface area (Å²) < 4.78 is 24.6. The third-order valence-electron chi connectivity index (χ3n) is 4.04. The molecule has 3 aromatic rings. The van der Waals surface area contributed by atoms with Crippen LogP contribution in [0.25, 0.3) is 0 Å². The van der Waals surface area contributed by atoms with E-state index in [9.17, 15) is 13.2 Å². The first kappa shape index (κ1) is 20.6. The van der Waals surface area contributed by atoms with Crippen molar-refractivity contribution < 1.29 is 13.2 Å². The highest BCUT2D eigenvalue weighted by Gasteiger charge is 2.13. The fourth-order valence-corrected chi connectivity index (χ4v) is 3.61. The lowest BCUT2D eigenvalue weighted by Crippen LogP contribution is -2.20. The molecule has 0 aromatic heterocycles. The van der Waals surface area contributed by atoms with E-state index in [4.69, 9.17) is 11.6 Å². The summed E-state index contributed by atoms with van der Waals surface area (Å²) in [5.41, 5.74) is 1.99. The predicted octanol–water partition coefficient (Wildman–Crippen LogP) is 4.29. The van der Waals surface area contributed by atoms with Crippen LogP contribution in [0.15, 0.2) is 88.9 Å². The van der Waals surface area contributed by atoms with Crippen molar-refractivity contribution in [2.75, 3.05) is 5.32 Å². The van der Waals surface area contributed by atoms with Crippen LogP contribution in [-0.2, 0) is 10.0 Å². The van der Waals surface area contributed by atoms with E-state index in [1.165, 1.54) is 12.1 Å². The topological polar surface area (TPSA) is 87.6 Å². The summed E-state index contributed by atoms with van der Waals surface area (Å²) in [6, 6.07) is 21.6. The van der Waals surface area contributed by atoms with Crippen LogP contribution < -0.4 is 10.1 Å². The number of carbonyl (C=O) groups is 1. The average Bonchev–Trinajstić information content (AvgIpc) is 2.73. The Balaban J connectivity index is 1.76. The Morgan fingerprint density at radius 2 is 1.62 bits per heavy atom. The van der Waals surface area contributed by atoms with Crippen LogP contribution in [0.3, 0.4) is 0 Å². The van der Waals surface area contributed by atoms with Crippen molar-refractivity contribution >= 4 is 38.9 Å². The quantitative estimate of drug-likeness (QED) is 0.454. The zero-order valence-electron chi connectivity index (χ0n) is 15.5. The molecule has 0 heterocycles. The van der Waals surface area contributed by atoms with Gasteiger partial charge in [0.1, 0.15) is 0 Å². The number of nitrogens with one attached hydrogen (secondary N) is 2. The van der Waals surface area contributed by atoms with Gasteiger partial charge in [0.05, 0.1) is 21.2 Å². The van der Waals surface area contributed by atoms with E-state index in [-0.39, 0.29) is 10.8 Å². The third kappa shape index (κ3) is 5.22. The van der Waals surface area contributed by atoms with Crippen molar-refractivity contribution in [1.82, 2.24) is 4.83 Å². The van der Waals surface area contributed by atoms with E-state index in [0.29, 0.717) is 27.5 Å². The van der Waals surface area contributed by atoms with Crippen molar-refractivity contribution in [2.45, 2.75) is 11.8 Å². The maximum absolute atomic E-state index is 12.4. The summed E-state index contributed by atoms with van der Waals surface area (Å²) in [6.07, 6.45) is 0. The molecule has 0 atom stereocenters. The Morgan fingerprint density at radius 3 is 2.34 bits per heavy atom. The van der Waals surface area contributed by atoms with Gasteiger partial charge < -0.3 is 5.32 Å². The Kier molecular flexibility index (Phi) is 6.31. The van der Waals surface area contributed by atoms with Gasteiger partial charge in [-0.2, -0.15) is 18.4 Å². The van der Waals surface area contributed by atoms with E-state index >= 15 is 0 Å². The van der Waals surface area contributed by atoms with E-state index in [1.807, 2.05) is 0 Å². The molecule has 6 nitrogen and oxygen atoms in total. The number of rotatable bonds is 6. The first-order chi connectivity index (χ1) is 13.9. The molecule has 1 amide bonds. The number of sulfonamides is 1. The molecule has 0 aliphatic rings. The number of amides is 1. The normalized spacial score (nSPS) is 11.7. The zero-order chi connectivity index (χ0) is 20.9. The van der Waals surface area contributed by atoms with Gasteiger partial charge in [0.2, 0.25) is 0 Å². The monoisotopic (exact) mass is 427 g/mol. The van der Waals surface area contributed by atoms with Crippen molar-refractivity contribution in [2.24, 2.45) is 5.10 Å². The number of hydrogen-bond acceptors (Lipinski definition) is 4. The van der Waals surface area contributed by atoms with Gasteiger partial charge in [0, 0.05) is 5.69 Å². The highest BCUT2D eigenvalue weighted by atomic mass is 35.5. The molecule has 0 bridgehead atoms. The van der Waals surface area contributed by atoms with Crippen molar-refractivity contribution in [3.63, 3.8) is 0 Å². The second kappa shape index (κ2) is 8.89. The Morgan fingerprint density at radius 1 is 0.931 bits per heavy atom.